The van der Waals surface area contributed by atoms with Gasteiger partial charge in [-0.1, -0.05) is 29.8 Å². The predicted octanol–water partition coefficient (Wildman–Crippen LogP) is 3.35. The van der Waals surface area contributed by atoms with Gasteiger partial charge < -0.3 is 9.52 Å². The van der Waals surface area contributed by atoms with Gasteiger partial charge in [0.15, 0.2) is 0 Å². The van der Waals surface area contributed by atoms with Crippen LogP contribution in [0.1, 0.15) is 11.3 Å². The Kier molecular flexibility index (Phi) is 3.10. The standard InChI is InChI=1S/C14H12O3/c1-10-2-4-11(5-3-10)13-8-6-12(17-13)7-9-14(15)16/h2-9H,1H3,(H,15,16)/b9-7+. The Hall–Kier alpha value is -2.29. The van der Waals surface area contributed by atoms with Crippen LogP contribution in [0, 0.1) is 6.92 Å². The molecule has 86 valence electrons. The van der Waals surface area contributed by atoms with Crippen LogP contribution in [0.25, 0.3) is 17.4 Å². The molecule has 0 unspecified atom stereocenters. The van der Waals surface area contributed by atoms with Crippen LogP contribution < -0.4 is 0 Å². The SMILES string of the molecule is Cc1ccc(-c2ccc(/C=C/C(=O)O)o2)cc1. The number of hydrogen-bond donors (Lipinski definition) is 1. The number of carboxylic acids is 1. The van der Waals surface area contributed by atoms with E-state index in [1.54, 1.807) is 6.07 Å². The Balaban J connectivity index is 2.23. The number of aliphatic carboxylic acids is 1. The summed E-state index contributed by atoms with van der Waals surface area (Å²) in [5.41, 5.74) is 2.16. The number of carbonyl (C=O) groups is 1. The van der Waals surface area contributed by atoms with Gasteiger partial charge in [-0.05, 0) is 25.1 Å². The topological polar surface area (TPSA) is 50.4 Å². The van der Waals surface area contributed by atoms with E-state index in [-0.39, 0.29) is 0 Å². The summed E-state index contributed by atoms with van der Waals surface area (Å²) in [5.74, 6) is 0.274. The second-order valence-electron chi connectivity index (χ2n) is 3.74. The molecule has 2 aromatic rings. The summed E-state index contributed by atoms with van der Waals surface area (Å²) in [5, 5.41) is 8.50. The monoisotopic (exact) mass is 228 g/mol. The van der Waals surface area contributed by atoms with Gasteiger partial charge in [0.25, 0.3) is 0 Å². The van der Waals surface area contributed by atoms with Gasteiger partial charge in [-0.3, -0.25) is 0 Å². The number of aryl methyl sites for hydroxylation is 1. The van der Waals surface area contributed by atoms with Crippen molar-refractivity contribution in [1.82, 2.24) is 0 Å². The van der Waals surface area contributed by atoms with Gasteiger partial charge in [0.05, 0.1) is 0 Å². The lowest BCUT2D eigenvalue weighted by molar-refractivity contribution is -0.131. The van der Waals surface area contributed by atoms with Crippen molar-refractivity contribution in [3.8, 4) is 11.3 Å². The molecule has 0 bridgehead atoms. The first-order valence-corrected chi connectivity index (χ1v) is 5.23. The predicted molar refractivity (Wildman–Crippen MR) is 65.6 cm³/mol. The van der Waals surface area contributed by atoms with Gasteiger partial charge in [0, 0.05) is 11.6 Å². The molecule has 1 aromatic heterocycles. The number of benzene rings is 1. The Bertz CT molecular complexity index is 547. The fourth-order valence-electron chi connectivity index (χ4n) is 1.47. The molecular formula is C14H12O3. The van der Waals surface area contributed by atoms with Crippen molar-refractivity contribution in [2.75, 3.05) is 0 Å². The van der Waals surface area contributed by atoms with Crippen LogP contribution in [-0.2, 0) is 4.79 Å². The summed E-state index contributed by atoms with van der Waals surface area (Å²) in [4.78, 5) is 10.4. The molecule has 0 spiro atoms. The van der Waals surface area contributed by atoms with Crippen LogP contribution in [-0.4, -0.2) is 11.1 Å². The van der Waals surface area contributed by atoms with Crippen molar-refractivity contribution < 1.29 is 14.3 Å². The molecule has 0 aliphatic rings. The fourth-order valence-corrected chi connectivity index (χ4v) is 1.47. The zero-order chi connectivity index (χ0) is 12.3. The fraction of sp³-hybridized carbons (Fsp3) is 0.0714. The zero-order valence-electron chi connectivity index (χ0n) is 9.38. The van der Waals surface area contributed by atoms with E-state index in [2.05, 4.69) is 0 Å². The van der Waals surface area contributed by atoms with E-state index >= 15 is 0 Å². The summed E-state index contributed by atoms with van der Waals surface area (Å²) in [6, 6.07) is 11.5. The van der Waals surface area contributed by atoms with Crippen LogP contribution in [0.2, 0.25) is 0 Å². The first kappa shape index (κ1) is 11.2. The van der Waals surface area contributed by atoms with E-state index in [9.17, 15) is 4.79 Å². The third-order valence-corrected chi connectivity index (χ3v) is 2.35. The normalized spacial score (nSPS) is 10.9. The average Bonchev–Trinajstić information content (AvgIpc) is 2.76. The highest BCUT2D eigenvalue weighted by atomic mass is 16.4. The van der Waals surface area contributed by atoms with Crippen molar-refractivity contribution in [2.24, 2.45) is 0 Å². The lowest BCUT2D eigenvalue weighted by Gasteiger charge is -1.97. The third-order valence-electron chi connectivity index (χ3n) is 2.35. The molecule has 1 heterocycles. The van der Waals surface area contributed by atoms with Crippen LogP contribution in [0.3, 0.4) is 0 Å². The minimum atomic E-state index is -0.988. The molecule has 0 amide bonds. The van der Waals surface area contributed by atoms with Crippen molar-refractivity contribution in [1.29, 1.82) is 0 Å². The van der Waals surface area contributed by atoms with E-state index < -0.39 is 5.97 Å². The third kappa shape index (κ3) is 2.84. The van der Waals surface area contributed by atoms with Crippen LogP contribution in [0.5, 0.6) is 0 Å². The Morgan fingerprint density at radius 3 is 2.53 bits per heavy atom. The molecule has 1 N–H and O–H groups in total. The van der Waals surface area contributed by atoms with Gasteiger partial charge in [-0.15, -0.1) is 0 Å². The summed E-state index contributed by atoms with van der Waals surface area (Å²) >= 11 is 0. The molecule has 0 radical (unpaired) electrons. The Labute approximate surface area is 99.0 Å². The number of carboxylic acid groups (broad SMARTS) is 1. The van der Waals surface area contributed by atoms with Gasteiger partial charge in [0.2, 0.25) is 0 Å². The molecule has 0 atom stereocenters. The lowest BCUT2D eigenvalue weighted by atomic mass is 10.1. The summed E-state index contributed by atoms with van der Waals surface area (Å²) < 4.78 is 5.51. The van der Waals surface area contributed by atoms with E-state index in [1.807, 2.05) is 37.3 Å². The van der Waals surface area contributed by atoms with E-state index in [4.69, 9.17) is 9.52 Å². The van der Waals surface area contributed by atoms with Crippen molar-refractivity contribution in [2.45, 2.75) is 6.92 Å². The maximum atomic E-state index is 10.4. The summed E-state index contributed by atoms with van der Waals surface area (Å²) in [7, 11) is 0. The average molecular weight is 228 g/mol. The molecule has 0 fully saturated rings. The van der Waals surface area contributed by atoms with Gasteiger partial charge >= 0.3 is 5.97 Å². The number of hydrogen-bond acceptors (Lipinski definition) is 2. The highest BCUT2D eigenvalue weighted by molar-refractivity contribution is 5.84. The molecule has 3 heteroatoms. The molecule has 3 nitrogen and oxygen atoms in total. The smallest absolute Gasteiger partial charge is 0.328 e. The van der Waals surface area contributed by atoms with Gasteiger partial charge in [-0.25, -0.2) is 4.79 Å². The summed E-state index contributed by atoms with van der Waals surface area (Å²) in [6.07, 6.45) is 2.48. The highest BCUT2D eigenvalue weighted by Crippen LogP contribution is 2.23. The molecule has 0 saturated carbocycles. The quantitative estimate of drug-likeness (QED) is 0.819. The zero-order valence-corrected chi connectivity index (χ0v) is 9.38. The molecule has 17 heavy (non-hydrogen) atoms. The first-order chi connectivity index (χ1) is 8.15. The van der Waals surface area contributed by atoms with Crippen LogP contribution >= 0.6 is 0 Å². The molecule has 1 aromatic carbocycles. The van der Waals surface area contributed by atoms with Crippen LogP contribution in [0.4, 0.5) is 0 Å². The molecule has 0 aliphatic heterocycles. The Morgan fingerprint density at radius 2 is 1.88 bits per heavy atom. The maximum Gasteiger partial charge on any atom is 0.328 e. The second kappa shape index (κ2) is 4.70. The maximum absolute atomic E-state index is 10.4. The molecule has 0 saturated heterocycles. The molecule has 2 rings (SSSR count). The van der Waals surface area contributed by atoms with E-state index in [1.165, 1.54) is 11.6 Å². The van der Waals surface area contributed by atoms with Crippen molar-refractivity contribution >= 4 is 12.0 Å². The van der Waals surface area contributed by atoms with Crippen molar-refractivity contribution in [3.63, 3.8) is 0 Å². The van der Waals surface area contributed by atoms with Crippen molar-refractivity contribution in [3.05, 3.63) is 53.8 Å². The largest absolute Gasteiger partial charge is 0.478 e. The Morgan fingerprint density at radius 1 is 1.18 bits per heavy atom. The molecular weight excluding hydrogens is 216 g/mol. The minimum Gasteiger partial charge on any atom is -0.478 e. The van der Waals surface area contributed by atoms with E-state index in [0.717, 1.165) is 17.4 Å². The number of furan rings is 1. The first-order valence-electron chi connectivity index (χ1n) is 5.23. The lowest BCUT2D eigenvalue weighted by Crippen LogP contribution is -1.84. The number of rotatable bonds is 3. The van der Waals surface area contributed by atoms with Gasteiger partial charge in [0.1, 0.15) is 11.5 Å². The van der Waals surface area contributed by atoms with Crippen LogP contribution in [0.15, 0.2) is 46.9 Å². The molecule has 0 aliphatic carbocycles. The summed E-state index contributed by atoms with van der Waals surface area (Å²) in [6.45, 7) is 2.02. The van der Waals surface area contributed by atoms with Gasteiger partial charge in [-0.2, -0.15) is 0 Å². The van der Waals surface area contributed by atoms with E-state index in [0.29, 0.717) is 5.76 Å². The minimum absolute atomic E-state index is 0.531. The second-order valence-corrected chi connectivity index (χ2v) is 3.74. The highest BCUT2D eigenvalue weighted by Gasteiger charge is 2.02.